The molecule has 2 amide bonds. The molecule has 0 bridgehead atoms. The molecular weight excluding hydrogens is 440 g/mol. The first-order valence-corrected chi connectivity index (χ1v) is 12.0. The second kappa shape index (κ2) is 12.3. The average Bonchev–Trinajstić information content (AvgIpc) is 2.83. The molecule has 0 aliphatic heterocycles. The molecule has 1 N–H and O–H groups in total. The van der Waals surface area contributed by atoms with Crippen LogP contribution in [0.25, 0.3) is 0 Å². The van der Waals surface area contributed by atoms with Crippen LogP contribution in [-0.2, 0) is 28.3 Å². The van der Waals surface area contributed by atoms with E-state index in [0.29, 0.717) is 23.7 Å². The van der Waals surface area contributed by atoms with Crippen LogP contribution < -0.4 is 5.32 Å². The summed E-state index contributed by atoms with van der Waals surface area (Å²) in [6.45, 7) is 0.381. The number of halogens is 1. The number of likely N-dealkylation sites (N-methyl/N-ethyl adjacent to an activating group) is 1. The molecule has 4 nitrogen and oxygen atoms in total. The molecule has 166 valence electrons. The lowest BCUT2D eigenvalue weighted by Gasteiger charge is -2.31. The minimum absolute atomic E-state index is 0.0580. The number of carbonyl (C=O) groups is 2. The van der Waals surface area contributed by atoms with Crippen molar-refractivity contribution in [1.29, 1.82) is 0 Å². The molecule has 0 spiro atoms. The Hall–Kier alpha value is -2.76. The maximum Gasteiger partial charge on any atom is 0.242 e. The fourth-order valence-electron chi connectivity index (χ4n) is 3.42. The Bertz CT molecular complexity index is 997. The summed E-state index contributed by atoms with van der Waals surface area (Å²) in [6, 6.07) is 26.6. The van der Waals surface area contributed by atoms with Crippen molar-refractivity contribution < 1.29 is 9.59 Å². The molecule has 32 heavy (non-hydrogen) atoms. The molecule has 3 aromatic carbocycles. The van der Waals surface area contributed by atoms with Crippen LogP contribution in [0.1, 0.15) is 16.7 Å². The van der Waals surface area contributed by atoms with E-state index in [1.807, 2.05) is 84.9 Å². The van der Waals surface area contributed by atoms with Gasteiger partial charge < -0.3 is 10.2 Å². The molecule has 1 unspecified atom stereocenters. The Morgan fingerprint density at radius 3 is 2.06 bits per heavy atom. The van der Waals surface area contributed by atoms with Crippen LogP contribution in [0.15, 0.2) is 84.9 Å². The molecule has 0 saturated carbocycles. The lowest BCUT2D eigenvalue weighted by molar-refractivity contribution is -0.139. The number of benzene rings is 3. The zero-order valence-electron chi connectivity index (χ0n) is 18.0. The summed E-state index contributed by atoms with van der Waals surface area (Å²) >= 11 is 7.49. The largest absolute Gasteiger partial charge is 0.357 e. The SMILES string of the molecule is CNC(=O)C(Cc1ccccc1)N(Cc1ccccc1)C(=O)CSCc1ccc(Cl)cc1. The second-order valence-corrected chi connectivity index (χ2v) is 8.87. The average molecular weight is 467 g/mol. The molecule has 0 aliphatic rings. The Kier molecular flexibility index (Phi) is 9.20. The molecule has 0 aliphatic carbocycles. The van der Waals surface area contributed by atoms with Crippen molar-refractivity contribution in [3.8, 4) is 0 Å². The van der Waals surface area contributed by atoms with Gasteiger partial charge in [-0.3, -0.25) is 9.59 Å². The number of amides is 2. The van der Waals surface area contributed by atoms with Crippen molar-refractivity contribution in [2.24, 2.45) is 0 Å². The fraction of sp³-hybridized carbons (Fsp3) is 0.231. The van der Waals surface area contributed by atoms with Crippen molar-refractivity contribution in [2.75, 3.05) is 12.8 Å². The van der Waals surface area contributed by atoms with Crippen LogP contribution in [0.2, 0.25) is 5.02 Å². The predicted octanol–water partition coefficient (Wildman–Crippen LogP) is 4.96. The van der Waals surface area contributed by atoms with Crippen LogP contribution in [0.3, 0.4) is 0 Å². The molecule has 0 aromatic heterocycles. The lowest BCUT2D eigenvalue weighted by atomic mass is 10.0. The first-order chi connectivity index (χ1) is 15.6. The molecule has 0 saturated heterocycles. The van der Waals surface area contributed by atoms with Crippen molar-refractivity contribution in [2.45, 2.75) is 24.8 Å². The molecule has 6 heteroatoms. The van der Waals surface area contributed by atoms with Gasteiger partial charge in [0.1, 0.15) is 6.04 Å². The predicted molar refractivity (Wildman–Crippen MR) is 133 cm³/mol. The standard InChI is InChI=1S/C26H27ClN2O2S/c1-28-26(31)24(16-20-8-4-2-5-9-20)29(17-21-10-6-3-7-11-21)25(30)19-32-18-22-12-14-23(27)15-13-22/h2-15,24H,16-19H2,1H3,(H,28,31). The number of hydrogen-bond acceptors (Lipinski definition) is 3. The summed E-state index contributed by atoms with van der Waals surface area (Å²) in [5.74, 6) is 0.765. The van der Waals surface area contributed by atoms with Gasteiger partial charge in [-0.15, -0.1) is 11.8 Å². The highest BCUT2D eigenvalue weighted by Crippen LogP contribution is 2.19. The smallest absolute Gasteiger partial charge is 0.242 e. The van der Waals surface area contributed by atoms with Gasteiger partial charge in [-0.25, -0.2) is 0 Å². The molecule has 3 rings (SSSR count). The third kappa shape index (κ3) is 7.14. The second-order valence-electron chi connectivity index (χ2n) is 7.45. The Morgan fingerprint density at radius 2 is 1.47 bits per heavy atom. The zero-order chi connectivity index (χ0) is 22.8. The minimum Gasteiger partial charge on any atom is -0.357 e. The summed E-state index contributed by atoms with van der Waals surface area (Å²) < 4.78 is 0. The number of rotatable bonds is 10. The highest BCUT2D eigenvalue weighted by atomic mass is 35.5. The zero-order valence-corrected chi connectivity index (χ0v) is 19.6. The van der Waals surface area contributed by atoms with Crippen LogP contribution in [-0.4, -0.2) is 35.6 Å². The van der Waals surface area contributed by atoms with Gasteiger partial charge in [0.05, 0.1) is 5.75 Å². The van der Waals surface area contributed by atoms with Crippen molar-refractivity contribution in [3.05, 3.63) is 107 Å². The topological polar surface area (TPSA) is 49.4 Å². The number of hydrogen-bond donors (Lipinski definition) is 1. The van der Waals surface area contributed by atoms with Gasteiger partial charge in [-0.05, 0) is 28.8 Å². The molecule has 0 heterocycles. The number of nitrogens with zero attached hydrogens (tertiary/aromatic N) is 1. The highest BCUT2D eigenvalue weighted by Gasteiger charge is 2.29. The van der Waals surface area contributed by atoms with E-state index in [9.17, 15) is 9.59 Å². The molecule has 3 aromatic rings. The molecule has 0 radical (unpaired) electrons. The lowest BCUT2D eigenvalue weighted by Crippen LogP contribution is -2.50. The normalized spacial score (nSPS) is 11.6. The van der Waals surface area contributed by atoms with E-state index in [0.717, 1.165) is 16.7 Å². The maximum absolute atomic E-state index is 13.3. The van der Waals surface area contributed by atoms with Crippen LogP contribution in [0.4, 0.5) is 0 Å². The Labute approximate surface area is 199 Å². The van der Waals surface area contributed by atoms with E-state index < -0.39 is 6.04 Å². The van der Waals surface area contributed by atoms with Crippen molar-refractivity contribution in [1.82, 2.24) is 10.2 Å². The van der Waals surface area contributed by atoms with Gasteiger partial charge in [-0.1, -0.05) is 84.4 Å². The van der Waals surface area contributed by atoms with E-state index >= 15 is 0 Å². The van der Waals surface area contributed by atoms with Gasteiger partial charge >= 0.3 is 0 Å². The van der Waals surface area contributed by atoms with E-state index in [-0.39, 0.29) is 17.6 Å². The van der Waals surface area contributed by atoms with E-state index in [1.54, 1.807) is 11.9 Å². The first kappa shape index (κ1) is 23.9. The summed E-state index contributed by atoms with van der Waals surface area (Å²) in [5, 5.41) is 3.43. The first-order valence-electron chi connectivity index (χ1n) is 10.5. The maximum atomic E-state index is 13.3. The van der Waals surface area contributed by atoms with Gasteiger partial charge in [0.15, 0.2) is 0 Å². The number of nitrogens with one attached hydrogen (secondary N) is 1. The summed E-state index contributed by atoms with van der Waals surface area (Å²) in [6.07, 6.45) is 0.459. The fourth-order valence-corrected chi connectivity index (χ4v) is 4.42. The van der Waals surface area contributed by atoms with E-state index in [4.69, 9.17) is 11.6 Å². The van der Waals surface area contributed by atoms with Gasteiger partial charge in [-0.2, -0.15) is 0 Å². The Balaban J connectivity index is 1.77. The molecular formula is C26H27ClN2O2S. The van der Waals surface area contributed by atoms with Crippen LogP contribution in [0.5, 0.6) is 0 Å². The van der Waals surface area contributed by atoms with Gasteiger partial charge in [0, 0.05) is 30.8 Å². The summed E-state index contributed by atoms with van der Waals surface area (Å²) in [5.41, 5.74) is 3.11. The van der Waals surface area contributed by atoms with Crippen LogP contribution >= 0.6 is 23.4 Å². The quantitative estimate of drug-likeness (QED) is 0.459. The van der Waals surface area contributed by atoms with Gasteiger partial charge in [0.2, 0.25) is 11.8 Å². The number of carbonyl (C=O) groups excluding carboxylic acids is 2. The van der Waals surface area contributed by atoms with Crippen molar-refractivity contribution >= 4 is 35.2 Å². The summed E-state index contributed by atoms with van der Waals surface area (Å²) in [4.78, 5) is 27.9. The van der Waals surface area contributed by atoms with Gasteiger partial charge in [0.25, 0.3) is 0 Å². The summed E-state index contributed by atoms with van der Waals surface area (Å²) in [7, 11) is 1.61. The van der Waals surface area contributed by atoms with Crippen molar-refractivity contribution in [3.63, 3.8) is 0 Å². The van der Waals surface area contributed by atoms with E-state index in [1.165, 1.54) is 11.8 Å². The highest BCUT2D eigenvalue weighted by molar-refractivity contribution is 7.99. The molecule has 0 fully saturated rings. The Morgan fingerprint density at radius 1 is 0.875 bits per heavy atom. The van der Waals surface area contributed by atoms with Crippen LogP contribution in [0, 0.1) is 0 Å². The number of thioether (sulfide) groups is 1. The third-order valence-corrected chi connectivity index (χ3v) is 6.36. The monoisotopic (exact) mass is 466 g/mol. The minimum atomic E-state index is -0.591. The third-order valence-electron chi connectivity index (χ3n) is 5.12. The molecule has 1 atom stereocenters. The van der Waals surface area contributed by atoms with E-state index in [2.05, 4.69) is 5.32 Å².